The number of hydrogen-bond acceptors (Lipinski definition) is 6. The molecule has 0 aliphatic carbocycles. The molecule has 53 heavy (non-hydrogen) atoms. The quantitative estimate of drug-likeness (QED) is 0.0276. The van der Waals surface area contributed by atoms with Crippen molar-refractivity contribution in [1.29, 1.82) is 0 Å². The maximum absolute atomic E-state index is 12.8. The first-order chi connectivity index (χ1) is 25.9. The van der Waals surface area contributed by atoms with Crippen LogP contribution in [-0.2, 0) is 18.4 Å². The second-order valence-corrected chi connectivity index (χ2v) is 17.1. The van der Waals surface area contributed by atoms with Crippen LogP contribution in [0.15, 0.2) is 12.2 Å². The van der Waals surface area contributed by atoms with Gasteiger partial charge in [-0.2, -0.15) is 0 Å². The van der Waals surface area contributed by atoms with Crippen LogP contribution >= 0.6 is 7.82 Å². The fraction of sp³-hybridized carbons (Fsp3) is 0.932. The summed E-state index contributed by atoms with van der Waals surface area (Å²) in [5, 5.41) is 13.8. The molecule has 0 spiro atoms. The summed E-state index contributed by atoms with van der Waals surface area (Å²) in [6.07, 6.45) is 45.0. The Balaban J connectivity index is 4.12. The van der Waals surface area contributed by atoms with Gasteiger partial charge in [-0.25, -0.2) is 4.57 Å². The van der Waals surface area contributed by atoms with E-state index >= 15 is 0 Å². The van der Waals surface area contributed by atoms with Crippen molar-refractivity contribution in [3.8, 4) is 0 Å². The molecule has 0 aliphatic rings. The molecule has 0 aliphatic heterocycles. The van der Waals surface area contributed by atoms with Crippen molar-refractivity contribution in [2.45, 2.75) is 244 Å². The number of nitrogens with one attached hydrogen (secondary N) is 1. The summed E-state index contributed by atoms with van der Waals surface area (Å²) in [6, 6.07) is -0.773. The van der Waals surface area contributed by atoms with Crippen molar-refractivity contribution in [3.05, 3.63) is 12.2 Å². The summed E-state index contributed by atoms with van der Waals surface area (Å²) in [6.45, 7) is 4.22. The number of aliphatic hydroxyl groups excluding tert-OH is 1. The summed E-state index contributed by atoms with van der Waals surface area (Å²) < 4.78 is 22.2. The third kappa shape index (κ3) is 39.3. The predicted octanol–water partition coefficient (Wildman–Crippen LogP) is 12.8. The number of phosphoric ester groups is 1. The summed E-state index contributed by atoms with van der Waals surface area (Å²) in [5.74, 6) is -0.163. The molecule has 0 aromatic rings. The van der Waals surface area contributed by atoms with Crippen molar-refractivity contribution in [3.63, 3.8) is 0 Å². The molecular weight excluding hydrogens is 683 g/mol. The van der Waals surface area contributed by atoms with Gasteiger partial charge in [-0.05, 0) is 38.5 Å². The van der Waals surface area contributed by atoms with E-state index in [1.807, 2.05) is 0 Å². The lowest BCUT2D eigenvalue weighted by molar-refractivity contribution is -0.123. The summed E-state index contributed by atoms with van der Waals surface area (Å²) in [5.41, 5.74) is 5.38. The maximum Gasteiger partial charge on any atom is 0.472 e. The summed E-state index contributed by atoms with van der Waals surface area (Å²) in [4.78, 5) is 22.8. The van der Waals surface area contributed by atoms with Gasteiger partial charge in [0.15, 0.2) is 0 Å². The van der Waals surface area contributed by atoms with E-state index in [0.717, 1.165) is 38.5 Å². The Morgan fingerprint density at radius 3 is 1.40 bits per heavy atom. The van der Waals surface area contributed by atoms with Gasteiger partial charge in [0.25, 0.3) is 0 Å². The topological polar surface area (TPSA) is 131 Å². The molecule has 0 aromatic heterocycles. The zero-order valence-corrected chi connectivity index (χ0v) is 35.9. The zero-order valence-electron chi connectivity index (χ0n) is 35.0. The number of aliphatic hydroxyl groups is 1. The summed E-state index contributed by atoms with van der Waals surface area (Å²) >= 11 is 0. The van der Waals surface area contributed by atoms with Crippen molar-refractivity contribution in [2.75, 3.05) is 19.8 Å². The minimum atomic E-state index is -4.31. The minimum Gasteiger partial charge on any atom is -0.391 e. The Morgan fingerprint density at radius 1 is 0.604 bits per heavy atom. The molecule has 5 N–H and O–H groups in total. The monoisotopic (exact) mass is 773 g/mol. The highest BCUT2D eigenvalue weighted by atomic mass is 31.2. The molecule has 0 bridgehead atoms. The third-order valence-corrected chi connectivity index (χ3v) is 11.4. The highest BCUT2D eigenvalue weighted by molar-refractivity contribution is 7.47. The number of carbonyl (C=O) groups is 1. The van der Waals surface area contributed by atoms with E-state index in [2.05, 4.69) is 31.3 Å². The molecule has 0 heterocycles. The Kier molecular flexibility index (Phi) is 40.3. The van der Waals surface area contributed by atoms with E-state index in [1.54, 1.807) is 0 Å². The van der Waals surface area contributed by atoms with Gasteiger partial charge in [0.1, 0.15) is 0 Å². The Labute approximate surface area is 328 Å². The van der Waals surface area contributed by atoms with Crippen LogP contribution in [0, 0.1) is 0 Å². The smallest absolute Gasteiger partial charge is 0.391 e. The van der Waals surface area contributed by atoms with Gasteiger partial charge in [0.05, 0.1) is 25.4 Å². The van der Waals surface area contributed by atoms with Crippen molar-refractivity contribution >= 4 is 13.7 Å². The normalized spacial score (nSPS) is 14.1. The van der Waals surface area contributed by atoms with Crippen LogP contribution in [0.2, 0.25) is 0 Å². The lowest BCUT2D eigenvalue weighted by Gasteiger charge is -2.25. The minimum absolute atomic E-state index is 0.0900. The summed E-state index contributed by atoms with van der Waals surface area (Å²) in [7, 11) is -4.31. The van der Waals surface area contributed by atoms with Crippen LogP contribution in [-0.4, -0.2) is 47.8 Å². The van der Waals surface area contributed by atoms with Crippen LogP contribution in [0.4, 0.5) is 0 Å². The molecule has 3 unspecified atom stereocenters. The molecule has 0 rings (SSSR count). The van der Waals surface area contributed by atoms with Crippen molar-refractivity contribution in [2.24, 2.45) is 5.73 Å². The zero-order chi connectivity index (χ0) is 38.9. The number of allylic oxidation sites excluding steroid dienone is 2. The molecule has 0 saturated carbocycles. The molecule has 1 amide bonds. The highest BCUT2D eigenvalue weighted by Gasteiger charge is 2.27. The molecule has 0 saturated heterocycles. The van der Waals surface area contributed by atoms with E-state index in [0.29, 0.717) is 12.8 Å². The molecule has 316 valence electrons. The van der Waals surface area contributed by atoms with E-state index in [1.165, 1.54) is 167 Å². The number of unbranched alkanes of at least 4 members (excludes halogenated alkanes) is 29. The number of amides is 1. The van der Waals surface area contributed by atoms with Gasteiger partial charge in [-0.3, -0.25) is 13.8 Å². The first-order valence-corrected chi connectivity index (χ1v) is 24.3. The van der Waals surface area contributed by atoms with Crippen molar-refractivity contribution in [1.82, 2.24) is 5.32 Å². The number of carbonyl (C=O) groups excluding carboxylic acids is 1. The third-order valence-electron chi connectivity index (χ3n) is 10.4. The van der Waals surface area contributed by atoms with Crippen LogP contribution in [0.25, 0.3) is 0 Å². The average molecular weight is 773 g/mol. The average Bonchev–Trinajstić information content (AvgIpc) is 3.14. The Morgan fingerprint density at radius 2 is 0.981 bits per heavy atom. The Hall–Kier alpha value is -0.760. The molecule has 0 fully saturated rings. The van der Waals surface area contributed by atoms with Gasteiger partial charge in [-0.1, -0.05) is 199 Å². The van der Waals surface area contributed by atoms with Crippen LogP contribution < -0.4 is 11.1 Å². The Bertz CT molecular complexity index is 845. The lowest BCUT2D eigenvalue weighted by atomic mass is 10.0. The van der Waals surface area contributed by atoms with Crippen LogP contribution in [0.5, 0.6) is 0 Å². The molecular formula is C44H89N2O6P. The van der Waals surface area contributed by atoms with Gasteiger partial charge >= 0.3 is 7.82 Å². The second kappa shape index (κ2) is 40.9. The number of nitrogens with two attached hydrogens (primary N) is 1. The number of phosphoric acid groups is 1. The van der Waals surface area contributed by atoms with Gasteiger partial charge in [-0.15, -0.1) is 0 Å². The van der Waals surface area contributed by atoms with E-state index in [4.69, 9.17) is 14.8 Å². The highest BCUT2D eigenvalue weighted by Crippen LogP contribution is 2.43. The largest absolute Gasteiger partial charge is 0.472 e. The molecule has 8 nitrogen and oxygen atoms in total. The first-order valence-electron chi connectivity index (χ1n) is 22.8. The second-order valence-electron chi connectivity index (χ2n) is 15.6. The van der Waals surface area contributed by atoms with E-state index < -0.39 is 20.0 Å². The fourth-order valence-corrected chi connectivity index (χ4v) is 7.66. The fourth-order valence-electron chi connectivity index (χ4n) is 6.90. The van der Waals surface area contributed by atoms with E-state index in [-0.39, 0.29) is 25.7 Å². The van der Waals surface area contributed by atoms with Gasteiger partial charge < -0.3 is 21.1 Å². The standard InChI is InChI=1S/C44H89N2O6P/c1-3-5-7-9-11-13-15-17-19-21-23-25-27-29-31-33-35-37-43(47)42(41-52-53(49,50)51-40-39-45)46-44(48)38-36-34-32-30-28-26-24-22-20-18-16-14-12-10-8-6-4-2/h18,20,42-43,47H,3-17,19,21-41,45H2,1-2H3,(H,46,48)(H,49,50)/b20-18-. The molecule has 9 heteroatoms. The first kappa shape index (κ1) is 52.2. The number of hydrogen-bond donors (Lipinski definition) is 4. The van der Waals surface area contributed by atoms with Crippen LogP contribution in [0.1, 0.15) is 232 Å². The van der Waals surface area contributed by atoms with Crippen molar-refractivity contribution < 1.29 is 28.4 Å². The number of rotatable bonds is 43. The molecule has 0 radical (unpaired) electrons. The van der Waals surface area contributed by atoms with Gasteiger partial charge in [0, 0.05) is 13.0 Å². The molecule has 0 aromatic carbocycles. The predicted molar refractivity (Wildman–Crippen MR) is 226 cm³/mol. The van der Waals surface area contributed by atoms with Gasteiger partial charge in [0.2, 0.25) is 5.91 Å². The van der Waals surface area contributed by atoms with E-state index in [9.17, 15) is 19.4 Å². The molecule has 3 atom stereocenters. The lowest BCUT2D eigenvalue weighted by Crippen LogP contribution is -2.46. The maximum atomic E-state index is 12.8. The van der Waals surface area contributed by atoms with Crippen LogP contribution in [0.3, 0.4) is 0 Å². The SMILES string of the molecule is CCCCCCCC/C=C\CCCCCCCCCC(=O)NC(COP(=O)(O)OCCN)C(O)CCCCCCCCCCCCCCCCCCC.